The van der Waals surface area contributed by atoms with Crippen LogP contribution in [0.15, 0.2) is 42.5 Å². The number of carbonyl (C=O) groups excluding carboxylic acids is 1. The van der Waals surface area contributed by atoms with Crippen LogP contribution in [0, 0.1) is 13.8 Å². The molecule has 0 aliphatic carbocycles. The first-order chi connectivity index (χ1) is 11.5. The minimum atomic E-state index is -0.0995. The molecule has 0 atom stereocenters. The van der Waals surface area contributed by atoms with Crippen LogP contribution in [-0.4, -0.2) is 24.8 Å². The van der Waals surface area contributed by atoms with E-state index in [-0.39, 0.29) is 12.5 Å². The first-order valence-corrected chi connectivity index (χ1v) is 9.36. The van der Waals surface area contributed by atoms with Crippen LogP contribution in [0.1, 0.15) is 16.7 Å². The normalized spacial score (nSPS) is 10.5. The van der Waals surface area contributed by atoms with Gasteiger partial charge < -0.3 is 10.1 Å². The van der Waals surface area contributed by atoms with Crippen LogP contribution in [-0.2, 0) is 10.5 Å². The Morgan fingerprint density at radius 1 is 1.17 bits per heavy atom. The Hall–Kier alpha value is -1.65. The summed E-state index contributed by atoms with van der Waals surface area (Å²) in [5, 5.41) is 3.62. The first kappa shape index (κ1) is 18.7. The van der Waals surface area contributed by atoms with Crippen LogP contribution in [0.3, 0.4) is 0 Å². The third kappa shape index (κ3) is 6.85. The fraction of sp³-hybridized carbons (Fsp3) is 0.316. The van der Waals surface area contributed by atoms with Crippen LogP contribution < -0.4 is 10.1 Å². The highest BCUT2D eigenvalue weighted by molar-refractivity contribution is 7.98. The van der Waals surface area contributed by atoms with Gasteiger partial charge in [0.2, 0.25) is 0 Å². The maximum atomic E-state index is 11.8. The van der Waals surface area contributed by atoms with Gasteiger partial charge in [-0.1, -0.05) is 29.8 Å². The summed E-state index contributed by atoms with van der Waals surface area (Å²) in [6, 6.07) is 13.8. The number of ether oxygens (including phenoxy) is 1. The molecule has 0 unspecified atom stereocenters. The lowest BCUT2D eigenvalue weighted by Gasteiger charge is -2.09. The predicted molar refractivity (Wildman–Crippen MR) is 102 cm³/mol. The van der Waals surface area contributed by atoms with Gasteiger partial charge >= 0.3 is 0 Å². The van der Waals surface area contributed by atoms with E-state index in [1.807, 2.05) is 44.2 Å². The first-order valence-electron chi connectivity index (χ1n) is 7.83. The molecule has 0 aromatic heterocycles. The zero-order valence-electron chi connectivity index (χ0n) is 14.0. The number of aryl methyl sites for hydroxylation is 2. The molecular formula is C19H22ClNO2S. The van der Waals surface area contributed by atoms with Crippen molar-refractivity contribution in [2.45, 2.75) is 19.6 Å². The molecule has 0 aliphatic rings. The summed E-state index contributed by atoms with van der Waals surface area (Å²) in [7, 11) is 0. The quantitative estimate of drug-likeness (QED) is 0.707. The summed E-state index contributed by atoms with van der Waals surface area (Å²) in [6.07, 6.45) is 0. The van der Waals surface area contributed by atoms with Crippen LogP contribution >= 0.6 is 23.4 Å². The number of thioether (sulfide) groups is 1. The molecule has 5 heteroatoms. The number of carbonyl (C=O) groups is 1. The van der Waals surface area contributed by atoms with Crippen molar-refractivity contribution >= 4 is 29.3 Å². The largest absolute Gasteiger partial charge is 0.484 e. The van der Waals surface area contributed by atoms with Gasteiger partial charge in [0, 0.05) is 23.1 Å². The van der Waals surface area contributed by atoms with Crippen molar-refractivity contribution in [3.63, 3.8) is 0 Å². The Balaban J connectivity index is 1.61. The Morgan fingerprint density at radius 3 is 2.62 bits per heavy atom. The Kier molecular flexibility index (Phi) is 7.47. The maximum Gasteiger partial charge on any atom is 0.257 e. The van der Waals surface area contributed by atoms with Gasteiger partial charge in [0.1, 0.15) is 5.75 Å². The molecule has 2 rings (SSSR count). The number of hydrogen-bond acceptors (Lipinski definition) is 3. The summed E-state index contributed by atoms with van der Waals surface area (Å²) in [4.78, 5) is 11.8. The van der Waals surface area contributed by atoms with Gasteiger partial charge in [-0.3, -0.25) is 4.79 Å². The highest BCUT2D eigenvalue weighted by Gasteiger charge is 2.03. The molecule has 3 nitrogen and oxygen atoms in total. The molecule has 0 heterocycles. The molecule has 1 amide bonds. The smallest absolute Gasteiger partial charge is 0.257 e. The monoisotopic (exact) mass is 363 g/mol. The minimum absolute atomic E-state index is 0.0435. The summed E-state index contributed by atoms with van der Waals surface area (Å²) in [6.45, 7) is 4.69. The van der Waals surface area contributed by atoms with Crippen molar-refractivity contribution in [3.8, 4) is 5.75 Å². The number of rotatable bonds is 8. The van der Waals surface area contributed by atoms with Crippen molar-refractivity contribution in [2.75, 3.05) is 18.9 Å². The topological polar surface area (TPSA) is 38.3 Å². The molecule has 0 radical (unpaired) electrons. The average molecular weight is 364 g/mol. The lowest BCUT2D eigenvalue weighted by atomic mass is 10.1. The van der Waals surface area contributed by atoms with E-state index in [4.69, 9.17) is 16.3 Å². The van der Waals surface area contributed by atoms with Gasteiger partial charge in [-0.2, -0.15) is 11.8 Å². The van der Waals surface area contributed by atoms with Crippen LogP contribution in [0.2, 0.25) is 5.02 Å². The summed E-state index contributed by atoms with van der Waals surface area (Å²) < 4.78 is 5.54. The minimum Gasteiger partial charge on any atom is -0.484 e. The second-order valence-corrected chi connectivity index (χ2v) is 7.19. The highest BCUT2D eigenvalue weighted by atomic mass is 35.5. The number of halogens is 1. The van der Waals surface area contributed by atoms with Gasteiger partial charge in [-0.25, -0.2) is 0 Å². The van der Waals surface area contributed by atoms with Gasteiger partial charge in [0.15, 0.2) is 6.61 Å². The molecule has 0 saturated carbocycles. The molecule has 0 saturated heterocycles. The van der Waals surface area contributed by atoms with E-state index in [9.17, 15) is 4.79 Å². The van der Waals surface area contributed by atoms with Crippen LogP contribution in [0.5, 0.6) is 5.75 Å². The van der Waals surface area contributed by atoms with E-state index in [2.05, 4.69) is 17.4 Å². The molecule has 2 aromatic carbocycles. The zero-order valence-corrected chi connectivity index (χ0v) is 15.5. The highest BCUT2D eigenvalue weighted by Crippen LogP contribution is 2.17. The fourth-order valence-electron chi connectivity index (χ4n) is 2.30. The SMILES string of the molecule is Cc1cc(C)cc(OCC(=O)NCCSCc2cccc(Cl)c2)c1. The summed E-state index contributed by atoms with van der Waals surface area (Å²) in [5.74, 6) is 2.37. The van der Waals surface area contributed by atoms with Crippen molar-refractivity contribution in [2.24, 2.45) is 0 Å². The fourth-order valence-corrected chi connectivity index (χ4v) is 3.31. The number of nitrogens with one attached hydrogen (secondary N) is 1. The molecule has 128 valence electrons. The molecule has 0 fully saturated rings. The number of amides is 1. The second kappa shape index (κ2) is 9.60. The van der Waals surface area contributed by atoms with Crippen LogP contribution in [0.4, 0.5) is 0 Å². The van der Waals surface area contributed by atoms with Crippen molar-refractivity contribution in [1.29, 1.82) is 0 Å². The predicted octanol–water partition coefficient (Wildman–Crippen LogP) is 4.39. The molecular weight excluding hydrogens is 342 g/mol. The third-order valence-corrected chi connectivity index (χ3v) is 4.56. The molecule has 0 aliphatic heterocycles. The Labute approximate surface area is 152 Å². The molecule has 1 N–H and O–H groups in total. The summed E-state index contributed by atoms with van der Waals surface area (Å²) >= 11 is 7.71. The standard InChI is InChI=1S/C19H22ClNO2S/c1-14-8-15(2)10-18(9-14)23-12-19(22)21-6-7-24-13-16-4-3-5-17(20)11-16/h3-5,8-11H,6-7,12-13H2,1-2H3,(H,21,22). The Morgan fingerprint density at radius 2 is 1.92 bits per heavy atom. The lowest BCUT2D eigenvalue weighted by molar-refractivity contribution is -0.122. The number of benzene rings is 2. The van der Waals surface area contributed by atoms with Gasteiger partial charge in [0.25, 0.3) is 5.91 Å². The molecule has 24 heavy (non-hydrogen) atoms. The van der Waals surface area contributed by atoms with E-state index >= 15 is 0 Å². The van der Waals surface area contributed by atoms with E-state index in [1.54, 1.807) is 11.8 Å². The van der Waals surface area contributed by atoms with Gasteiger partial charge in [0.05, 0.1) is 0 Å². The lowest BCUT2D eigenvalue weighted by Crippen LogP contribution is -2.30. The summed E-state index contributed by atoms with van der Waals surface area (Å²) in [5.41, 5.74) is 3.45. The van der Waals surface area contributed by atoms with E-state index in [0.717, 1.165) is 33.4 Å². The van der Waals surface area contributed by atoms with Gasteiger partial charge in [-0.05, 0) is 54.8 Å². The molecule has 0 spiro atoms. The number of hydrogen-bond donors (Lipinski definition) is 1. The zero-order chi connectivity index (χ0) is 17.4. The maximum absolute atomic E-state index is 11.8. The van der Waals surface area contributed by atoms with E-state index < -0.39 is 0 Å². The average Bonchev–Trinajstić information content (AvgIpc) is 2.52. The third-order valence-electron chi connectivity index (χ3n) is 3.29. The van der Waals surface area contributed by atoms with Crippen molar-refractivity contribution in [3.05, 3.63) is 64.2 Å². The van der Waals surface area contributed by atoms with E-state index in [0.29, 0.717) is 6.54 Å². The van der Waals surface area contributed by atoms with Crippen molar-refractivity contribution < 1.29 is 9.53 Å². The van der Waals surface area contributed by atoms with Gasteiger partial charge in [-0.15, -0.1) is 0 Å². The molecule has 2 aromatic rings. The molecule has 0 bridgehead atoms. The van der Waals surface area contributed by atoms with Crippen molar-refractivity contribution in [1.82, 2.24) is 5.32 Å². The van der Waals surface area contributed by atoms with Crippen LogP contribution in [0.25, 0.3) is 0 Å². The van der Waals surface area contributed by atoms with E-state index in [1.165, 1.54) is 5.56 Å². The second-order valence-electron chi connectivity index (χ2n) is 5.64. The Bertz CT molecular complexity index is 671.